The van der Waals surface area contributed by atoms with Crippen molar-refractivity contribution in [3.8, 4) is 0 Å². The van der Waals surface area contributed by atoms with E-state index in [4.69, 9.17) is 0 Å². The number of carbonyl (C=O) groups excluding carboxylic acids is 1. The van der Waals surface area contributed by atoms with Crippen LogP contribution < -0.4 is 10.0 Å². The molecule has 0 saturated heterocycles. The number of rotatable bonds is 4. The molecule has 2 aliphatic heterocycles. The van der Waals surface area contributed by atoms with E-state index in [0.29, 0.717) is 11.4 Å². The number of nitro benzene ring substituents is 2. The molecule has 0 bridgehead atoms. The standard InChI is InChI=1S/C28H26N4O6/c1-27(2)19-11-15(31(35)36)7-9-21(19)29(5)23(27)13-17-25(33)18(26(17)34)14-24-28(3,4)20-12-16(32(37)38)8-10-22(20)30(24)6/h7-14H,1-6H3. The minimum Gasteiger partial charge on any atom is -0.871 e. The predicted molar refractivity (Wildman–Crippen MR) is 140 cm³/mol. The van der Waals surface area contributed by atoms with Crippen molar-refractivity contribution in [1.29, 1.82) is 0 Å². The molecular weight excluding hydrogens is 488 g/mol. The first kappa shape index (κ1) is 25.1. The van der Waals surface area contributed by atoms with E-state index < -0.39 is 20.7 Å². The molecule has 38 heavy (non-hydrogen) atoms. The van der Waals surface area contributed by atoms with Gasteiger partial charge in [-0.15, -0.1) is 0 Å². The maximum atomic E-state index is 13.2. The molecule has 0 radical (unpaired) electrons. The van der Waals surface area contributed by atoms with Gasteiger partial charge in [0.2, 0.25) is 5.69 Å². The van der Waals surface area contributed by atoms with Gasteiger partial charge in [-0.2, -0.15) is 4.58 Å². The predicted octanol–water partition coefficient (Wildman–Crippen LogP) is 3.94. The maximum Gasteiger partial charge on any atom is 0.270 e. The summed E-state index contributed by atoms with van der Waals surface area (Å²) in [7, 11) is 3.61. The molecule has 2 aromatic carbocycles. The number of ketones is 1. The van der Waals surface area contributed by atoms with Gasteiger partial charge < -0.3 is 10.0 Å². The van der Waals surface area contributed by atoms with Crippen molar-refractivity contribution >= 4 is 34.2 Å². The molecule has 0 saturated carbocycles. The molecule has 5 rings (SSSR count). The van der Waals surface area contributed by atoms with Crippen molar-refractivity contribution in [3.05, 3.63) is 103 Å². The van der Waals surface area contributed by atoms with Gasteiger partial charge in [-0.1, -0.05) is 19.6 Å². The van der Waals surface area contributed by atoms with Crippen molar-refractivity contribution in [3.63, 3.8) is 0 Å². The van der Waals surface area contributed by atoms with Crippen LogP contribution in [0.15, 0.2) is 71.2 Å². The zero-order valence-electron chi connectivity index (χ0n) is 21.9. The highest BCUT2D eigenvalue weighted by atomic mass is 16.6. The molecule has 0 amide bonds. The van der Waals surface area contributed by atoms with Crippen LogP contribution >= 0.6 is 0 Å². The number of nitrogens with zero attached hydrogens (tertiary/aromatic N) is 4. The molecule has 0 N–H and O–H groups in total. The van der Waals surface area contributed by atoms with Crippen molar-refractivity contribution in [2.75, 3.05) is 19.0 Å². The number of anilines is 1. The van der Waals surface area contributed by atoms with Gasteiger partial charge in [0.25, 0.3) is 11.4 Å². The number of non-ortho nitro benzene ring substituents is 2. The van der Waals surface area contributed by atoms with E-state index in [1.165, 1.54) is 24.3 Å². The topological polar surface area (TPSA) is 133 Å². The van der Waals surface area contributed by atoms with E-state index in [0.717, 1.165) is 22.5 Å². The summed E-state index contributed by atoms with van der Waals surface area (Å²) in [6, 6.07) is 9.28. The molecule has 10 nitrogen and oxygen atoms in total. The summed E-state index contributed by atoms with van der Waals surface area (Å²) in [5.41, 5.74) is 3.16. The van der Waals surface area contributed by atoms with Crippen molar-refractivity contribution in [2.45, 2.75) is 38.5 Å². The summed E-state index contributed by atoms with van der Waals surface area (Å²) in [6.45, 7) is 7.60. The minimum atomic E-state index is -0.665. The molecule has 0 unspecified atom stereocenters. The number of allylic oxidation sites excluding steroid dienone is 5. The van der Waals surface area contributed by atoms with Gasteiger partial charge in [0, 0.05) is 77.0 Å². The molecule has 1 aliphatic carbocycles. The third kappa shape index (κ3) is 3.33. The van der Waals surface area contributed by atoms with E-state index in [1.807, 2.05) is 37.2 Å². The number of Topliss-reactive ketones (excluding diaryl/α,β-unsaturated/α-hetero) is 1. The summed E-state index contributed by atoms with van der Waals surface area (Å²) in [4.78, 5) is 36.8. The van der Waals surface area contributed by atoms with E-state index in [2.05, 4.69) is 0 Å². The smallest absolute Gasteiger partial charge is 0.270 e. The summed E-state index contributed by atoms with van der Waals surface area (Å²) < 4.78 is 1.85. The fourth-order valence-electron chi connectivity index (χ4n) is 5.76. The molecule has 0 spiro atoms. The van der Waals surface area contributed by atoms with Gasteiger partial charge in [0.05, 0.1) is 15.3 Å². The Kier molecular flexibility index (Phi) is 5.24. The van der Waals surface area contributed by atoms with Gasteiger partial charge in [0.1, 0.15) is 7.05 Å². The Labute approximate surface area is 218 Å². The van der Waals surface area contributed by atoms with E-state index in [1.54, 1.807) is 38.4 Å². The van der Waals surface area contributed by atoms with Crippen LogP contribution in [0.3, 0.4) is 0 Å². The number of carbonyl (C=O) groups is 1. The third-order valence-electron chi connectivity index (χ3n) is 8.00. The average Bonchev–Trinajstić information content (AvgIpc) is 3.17. The highest BCUT2D eigenvalue weighted by molar-refractivity contribution is 6.24. The van der Waals surface area contributed by atoms with Crippen molar-refractivity contribution in [1.82, 2.24) is 0 Å². The van der Waals surface area contributed by atoms with Crippen LogP contribution in [-0.2, 0) is 15.6 Å². The number of nitro groups is 2. The fourth-order valence-corrected chi connectivity index (χ4v) is 5.76. The molecule has 0 fully saturated rings. The quantitative estimate of drug-likeness (QED) is 0.261. The summed E-state index contributed by atoms with van der Waals surface area (Å²) in [5.74, 6) is -0.764. The lowest BCUT2D eigenvalue weighted by Gasteiger charge is -2.32. The Morgan fingerprint density at radius 1 is 0.895 bits per heavy atom. The Morgan fingerprint density at radius 2 is 1.47 bits per heavy atom. The first-order valence-corrected chi connectivity index (χ1v) is 12.0. The van der Waals surface area contributed by atoms with E-state index >= 15 is 0 Å². The zero-order valence-corrected chi connectivity index (χ0v) is 21.9. The van der Waals surface area contributed by atoms with Crippen LogP contribution in [0.25, 0.3) is 0 Å². The largest absolute Gasteiger partial charge is 0.871 e. The Balaban J connectivity index is 1.53. The number of likely N-dealkylation sites (N-methyl/N-ethyl adjacent to an activating group) is 1. The third-order valence-corrected chi connectivity index (χ3v) is 8.00. The van der Waals surface area contributed by atoms with Crippen molar-refractivity contribution in [2.24, 2.45) is 0 Å². The van der Waals surface area contributed by atoms with Gasteiger partial charge in [-0.3, -0.25) is 25.0 Å². The SMILES string of the molecule is CN1/C(=C/C2=C([O-])C(=C/C3=[N+](C)c4ccc([N+](=O)[O-])cc4C3(C)C)/C2=O)C(C)(C)c2cc([N+](=O)[O-])ccc21. The van der Waals surface area contributed by atoms with Crippen LogP contribution in [0.1, 0.15) is 38.8 Å². The number of hydrogen-bond acceptors (Lipinski definition) is 7. The number of hydrogen-bond donors (Lipinski definition) is 0. The molecule has 0 aromatic heterocycles. The lowest BCUT2D eigenvalue weighted by atomic mass is 9.77. The number of benzene rings is 2. The molecule has 3 aliphatic rings. The second-order valence-electron chi connectivity index (χ2n) is 10.8. The van der Waals surface area contributed by atoms with E-state index in [9.17, 15) is 30.1 Å². The first-order chi connectivity index (χ1) is 17.7. The second kappa shape index (κ2) is 7.95. The summed E-state index contributed by atoms with van der Waals surface area (Å²) in [5, 5.41) is 35.8. The van der Waals surface area contributed by atoms with Crippen LogP contribution in [0.2, 0.25) is 0 Å². The molecule has 10 heteroatoms. The normalized spacial score (nSPS) is 21.2. The molecule has 0 atom stereocenters. The van der Waals surface area contributed by atoms with Crippen molar-refractivity contribution < 1.29 is 24.3 Å². The summed E-state index contributed by atoms with van der Waals surface area (Å²) >= 11 is 0. The van der Waals surface area contributed by atoms with E-state index in [-0.39, 0.29) is 34.1 Å². The number of fused-ring (bicyclic) bond motifs is 2. The monoisotopic (exact) mass is 514 g/mol. The molecule has 2 heterocycles. The highest BCUT2D eigenvalue weighted by Crippen LogP contribution is 2.49. The first-order valence-electron chi connectivity index (χ1n) is 12.0. The lowest BCUT2D eigenvalue weighted by molar-refractivity contribution is -0.402. The van der Waals surface area contributed by atoms with Gasteiger partial charge in [-0.25, -0.2) is 0 Å². The van der Waals surface area contributed by atoms with Crippen LogP contribution in [-0.4, -0.2) is 40.0 Å². The fraction of sp³-hybridized carbons (Fsp3) is 0.286. The zero-order chi connectivity index (χ0) is 27.9. The average molecular weight is 515 g/mol. The summed E-state index contributed by atoms with van der Waals surface area (Å²) in [6.07, 6.45) is 3.17. The Hall–Kier alpha value is -4.60. The Bertz CT molecular complexity index is 1620. The molecular formula is C28H26N4O6. The maximum absolute atomic E-state index is 13.2. The van der Waals surface area contributed by atoms with Gasteiger partial charge in [0.15, 0.2) is 11.5 Å². The Morgan fingerprint density at radius 3 is 2.05 bits per heavy atom. The highest BCUT2D eigenvalue weighted by Gasteiger charge is 2.46. The second-order valence-corrected chi connectivity index (χ2v) is 10.8. The van der Waals surface area contributed by atoms with Gasteiger partial charge in [-0.05, 0) is 31.6 Å². The molecule has 2 aromatic rings. The van der Waals surface area contributed by atoms with Gasteiger partial charge >= 0.3 is 0 Å². The van der Waals surface area contributed by atoms with Crippen LogP contribution in [0, 0.1) is 20.2 Å². The minimum absolute atomic E-state index is 0.0215. The van der Waals surface area contributed by atoms with Crippen LogP contribution in [0.4, 0.5) is 22.7 Å². The lowest BCUT2D eigenvalue weighted by Crippen LogP contribution is -2.34. The molecule has 194 valence electrons. The van der Waals surface area contributed by atoms with Crippen LogP contribution in [0.5, 0.6) is 0 Å².